The zero-order valence-electron chi connectivity index (χ0n) is 19.4. The molecule has 0 unspecified atom stereocenters. The minimum Gasteiger partial charge on any atom is -0.385 e. The third-order valence-corrected chi connectivity index (χ3v) is 6.42. The van der Waals surface area contributed by atoms with E-state index in [0.717, 1.165) is 17.1 Å². The predicted molar refractivity (Wildman–Crippen MR) is 135 cm³/mol. The Morgan fingerprint density at radius 2 is 1.82 bits per heavy atom. The second kappa shape index (κ2) is 10.7. The number of carbonyl (C=O) groups is 1. The van der Waals surface area contributed by atoms with Gasteiger partial charge in [0.05, 0.1) is 39.4 Å². The normalized spacial score (nSPS) is 11.1. The average Bonchev–Trinajstić information content (AvgIpc) is 3.13. The Morgan fingerprint density at radius 3 is 2.59 bits per heavy atom. The van der Waals surface area contributed by atoms with Crippen molar-refractivity contribution in [3.63, 3.8) is 0 Å². The minimum atomic E-state index is -0.185. The summed E-state index contributed by atoms with van der Waals surface area (Å²) >= 11 is 1.25. The van der Waals surface area contributed by atoms with E-state index in [9.17, 15) is 9.59 Å². The number of rotatable bonds is 9. The van der Waals surface area contributed by atoms with Crippen molar-refractivity contribution in [3.8, 4) is 5.69 Å². The number of aromatic nitrogens is 4. The lowest BCUT2D eigenvalue weighted by Crippen LogP contribution is -2.25. The lowest BCUT2D eigenvalue weighted by molar-refractivity contribution is -0.113. The van der Waals surface area contributed by atoms with Gasteiger partial charge >= 0.3 is 0 Å². The molecule has 0 aliphatic rings. The topological polar surface area (TPSA) is 91.0 Å². The summed E-state index contributed by atoms with van der Waals surface area (Å²) in [5.41, 5.74) is 3.72. The number of nitrogens with one attached hydrogen (secondary N) is 1. The van der Waals surface area contributed by atoms with E-state index in [1.165, 1.54) is 11.8 Å². The van der Waals surface area contributed by atoms with Gasteiger partial charge in [-0.25, -0.2) is 9.67 Å². The van der Waals surface area contributed by atoms with Crippen LogP contribution in [0.15, 0.2) is 64.5 Å². The van der Waals surface area contributed by atoms with Crippen LogP contribution in [0.2, 0.25) is 0 Å². The summed E-state index contributed by atoms with van der Waals surface area (Å²) in [6, 6.07) is 17.0. The number of aryl methyl sites for hydroxylation is 1. The monoisotopic (exact) mass is 477 g/mol. The van der Waals surface area contributed by atoms with Crippen molar-refractivity contribution in [2.75, 3.05) is 24.8 Å². The number of hydrogen-bond donors (Lipinski definition) is 1. The SMILES string of the molecule is COCCCn1c(SCC(=O)Nc2c(C)nn(-c3ccccc3)c2C)nc2ccccc2c1=O. The first-order valence-corrected chi connectivity index (χ1v) is 12.0. The highest BCUT2D eigenvalue weighted by molar-refractivity contribution is 7.99. The van der Waals surface area contributed by atoms with Crippen LogP contribution in [-0.2, 0) is 16.1 Å². The number of benzene rings is 2. The summed E-state index contributed by atoms with van der Waals surface area (Å²) in [6.07, 6.45) is 0.674. The molecule has 2 aromatic heterocycles. The number of nitrogens with zero attached hydrogens (tertiary/aromatic N) is 4. The fourth-order valence-electron chi connectivity index (χ4n) is 3.77. The van der Waals surface area contributed by atoms with Crippen molar-refractivity contribution in [3.05, 3.63) is 76.3 Å². The number of amides is 1. The second-order valence-corrected chi connectivity index (χ2v) is 8.79. The van der Waals surface area contributed by atoms with E-state index in [2.05, 4.69) is 15.4 Å². The number of carbonyl (C=O) groups excluding carboxylic acids is 1. The van der Waals surface area contributed by atoms with Crippen LogP contribution in [0.5, 0.6) is 0 Å². The van der Waals surface area contributed by atoms with Gasteiger partial charge in [0.15, 0.2) is 5.16 Å². The molecule has 176 valence electrons. The zero-order chi connectivity index (χ0) is 24.1. The molecule has 0 aliphatic carbocycles. The average molecular weight is 478 g/mol. The molecule has 0 fully saturated rings. The molecule has 2 heterocycles. The highest BCUT2D eigenvalue weighted by Crippen LogP contribution is 2.24. The van der Waals surface area contributed by atoms with Gasteiger partial charge in [-0.05, 0) is 44.5 Å². The van der Waals surface area contributed by atoms with Gasteiger partial charge in [-0.15, -0.1) is 0 Å². The quantitative estimate of drug-likeness (QED) is 0.223. The summed E-state index contributed by atoms with van der Waals surface area (Å²) < 4.78 is 8.58. The molecular weight excluding hydrogens is 450 g/mol. The Labute approximate surface area is 202 Å². The van der Waals surface area contributed by atoms with E-state index in [1.54, 1.807) is 17.7 Å². The van der Waals surface area contributed by atoms with Crippen LogP contribution < -0.4 is 10.9 Å². The van der Waals surface area contributed by atoms with Gasteiger partial charge < -0.3 is 10.1 Å². The highest BCUT2D eigenvalue weighted by Gasteiger charge is 2.17. The van der Waals surface area contributed by atoms with Crippen LogP contribution in [0.25, 0.3) is 16.6 Å². The standard InChI is InChI=1S/C25H27N5O3S/c1-17-23(18(2)30(28-17)19-10-5-4-6-11-19)27-22(31)16-34-25-26-21-13-8-7-12-20(21)24(32)29(25)14-9-15-33-3/h4-8,10-13H,9,14-16H2,1-3H3,(H,27,31). The molecule has 0 spiro atoms. The van der Waals surface area contributed by atoms with E-state index in [1.807, 2.05) is 67.1 Å². The molecule has 0 bridgehead atoms. The fourth-order valence-corrected chi connectivity index (χ4v) is 4.60. The lowest BCUT2D eigenvalue weighted by Gasteiger charge is -2.13. The molecule has 0 saturated carbocycles. The van der Waals surface area contributed by atoms with Crippen LogP contribution in [0.1, 0.15) is 17.8 Å². The second-order valence-electron chi connectivity index (χ2n) is 7.84. The summed E-state index contributed by atoms with van der Waals surface area (Å²) in [5.74, 6) is -0.0700. The van der Waals surface area contributed by atoms with Crippen molar-refractivity contribution in [1.82, 2.24) is 19.3 Å². The van der Waals surface area contributed by atoms with Crippen LogP contribution >= 0.6 is 11.8 Å². The molecule has 4 aromatic rings. The number of ether oxygens (including phenoxy) is 1. The highest BCUT2D eigenvalue weighted by atomic mass is 32.2. The molecule has 0 aliphatic heterocycles. The first-order valence-electron chi connectivity index (χ1n) is 11.0. The number of fused-ring (bicyclic) bond motifs is 1. The van der Waals surface area contributed by atoms with Crippen molar-refractivity contribution < 1.29 is 9.53 Å². The molecule has 0 radical (unpaired) electrons. The van der Waals surface area contributed by atoms with Gasteiger partial charge in [0.1, 0.15) is 0 Å². The summed E-state index contributed by atoms with van der Waals surface area (Å²) in [5, 5.41) is 8.64. The molecule has 4 rings (SSSR count). The number of anilines is 1. The maximum Gasteiger partial charge on any atom is 0.262 e. The van der Waals surface area contributed by atoms with Crippen molar-refractivity contribution in [2.45, 2.75) is 32.0 Å². The molecular formula is C25H27N5O3S. The van der Waals surface area contributed by atoms with Crippen LogP contribution in [0.4, 0.5) is 5.69 Å². The van der Waals surface area contributed by atoms with E-state index in [-0.39, 0.29) is 17.2 Å². The number of para-hydroxylation sites is 2. The smallest absolute Gasteiger partial charge is 0.262 e. The Kier molecular flexibility index (Phi) is 7.44. The van der Waals surface area contributed by atoms with Crippen LogP contribution in [0.3, 0.4) is 0 Å². The largest absolute Gasteiger partial charge is 0.385 e. The first-order chi connectivity index (χ1) is 16.5. The fraction of sp³-hybridized carbons (Fsp3) is 0.280. The Balaban J connectivity index is 1.53. The third kappa shape index (κ3) is 5.05. The number of methoxy groups -OCH3 is 1. The lowest BCUT2D eigenvalue weighted by atomic mass is 10.2. The minimum absolute atomic E-state index is 0.111. The maximum atomic E-state index is 13.1. The zero-order valence-corrected chi connectivity index (χ0v) is 20.3. The van der Waals surface area contributed by atoms with Crippen molar-refractivity contribution in [1.29, 1.82) is 0 Å². The first kappa shape index (κ1) is 23.7. The summed E-state index contributed by atoms with van der Waals surface area (Å²) in [6.45, 7) is 4.80. The molecule has 34 heavy (non-hydrogen) atoms. The van der Waals surface area contributed by atoms with E-state index in [4.69, 9.17) is 4.74 Å². The number of thioether (sulfide) groups is 1. The predicted octanol–water partition coefficient (Wildman–Crippen LogP) is 3.97. The molecule has 9 heteroatoms. The van der Waals surface area contributed by atoms with Gasteiger partial charge in [0, 0.05) is 20.3 Å². The van der Waals surface area contributed by atoms with Gasteiger partial charge in [0.25, 0.3) is 5.56 Å². The van der Waals surface area contributed by atoms with Gasteiger partial charge in [0.2, 0.25) is 5.91 Å². The number of hydrogen-bond acceptors (Lipinski definition) is 6. The van der Waals surface area contributed by atoms with Crippen LogP contribution in [0, 0.1) is 13.8 Å². The Hall–Kier alpha value is -3.43. The molecule has 8 nitrogen and oxygen atoms in total. The molecule has 0 saturated heterocycles. The van der Waals surface area contributed by atoms with Gasteiger partial charge in [-0.1, -0.05) is 42.1 Å². The maximum absolute atomic E-state index is 13.1. The molecule has 0 atom stereocenters. The van der Waals surface area contributed by atoms with E-state index >= 15 is 0 Å². The van der Waals surface area contributed by atoms with Crippen molar-refractivity contribution >= 4 is 34.3 Å². The Morgan fingerprint density at radius 1 is 1.09 bits per heavy atom. The van der Waals surface area contributed by atoms with Gasteiger partial charge in [-0.2, -0.15) is 5.10 Å². The van der Waals surface area contributed by atoms with E-state index < -0.39 is 0 Å². The summed E-state index contributed by atoms with van der Waals surface area (Å²) in [4.78, 5) is 30.6. The van der Waals surface area contributed by atoms with Crippen molar-refractivity contribution in [2.24, 2.45) is 0 Å². The van der Waals surface area contributed by atoms with E-state index in [0.29, 0.717) is 41.3 Å². The summed E-state index contributed by atoms with van der Waals surface area (Å²) in [7, 11) is 1.63. The van der Waals surface area contributed by atoms with Crippen LogP contribution in [-0.4, -0.2) is 44.7 Å². The van der Waals surface area contributed by atoms with Gasteiger partial charge in [-0.3, -0.25) is 14.2 Å². The molecule has 1 amide bonds. The molecule has 1 N–H and O–H groups in total. The third-order valence-electron chi connectivity index (χ3n) is 5.45. The molecule has 2 aromatic carbocycles. The Bertz CT molecular complexity index is 1360.